The van der Waals surface area contributed by atoms with Crippen molar-refractivity contribution >= 4 is 62.6 Å². The lowest BCUT2D eigenvalue weighted by Crippen LogP contribution is -2.58. The lowest BCUT2D eigenvalue weighted by atomic mass is 9.85. The van der Waals surface area contributed by atoms with E-state index in [1.807, 2.05) is 76.5 Å². The molecule has 0 aliphatic carbocycles. The van der Waals surface area contributed by atoms with E-state index in [2.05, 4.69) is 26.1 Å². The van der Waals surface area contributed by atoms with Gasteiger partial charge in [-0.05, 0) is 133 Å². The van der Waals surface area contributed by atoms with Crippen molar-refractivity contribution in [3.05, 3.63) is 143 Å². The Morgan fingerprint density at radius 2 is 1.37 bits per heavy atom. The third kappa shape index (κ3) is 16.7. The van der Waals surface area contributed by atoms with Gasteiger partial charge in [0.1, 0.15) is 48.3 Å². The maximum atomic E-state index is 14.0. The van der Waals surface area contributed by atoms with Gasteiger partial charge in [-0.15, -0.1) is 22.7 Å². The van der Waals surface area contributed by atoms with E-state index in [4.69, 9.17) is 28.4 Å². The number of nitrogens with zero attached hydrogens (tertiary/aromatic N) is 3. The number of likely N-dealkylation sites (tertiary alicyclic amines) is 1. The van der Waals surface area contributed by atoms with Gasteiger partial charge in [0, 0.05) is 28.6 Å². The van der Waals surface area contributed by atoms with Crippen LogP contribution in [0, 0.1) is 12.3 Å². The summed E-state index contributed by atoms with van der Waals surface area (Å²) in [7, 11) is 0. The first-order chi connectivity index (χ1) is 39.5. The molecule has 82 heavy (non-hydrogen) atoms. The first-order valence-electron chi connectivity index (χ1n) is 26.8. The zero-order valence-corrected chi connectivity index (χ0v) is 47.9. The molecular weight excluding hydrogens is 1090 g/mol. The van der Waals surface area contributed by atoms with Crippen LogP contribution in [0.1, 0.15) is 67.3 Å². The van der Waals surface area contributed by atoms with Crippen molar-refractivity contribution in [1.29, 1.82) is 0 Å². The fraction of sp³-hybridized carbons (Fsp3) is 0.344. The van der Waals surface area contributed by atoms with Crippen molar-refractivity contribution < 1.29 is 62.9 Å². The number of hydrazone groups is 1. The highest BCUT2D eigenvalue weighted by molar-refractivity contribution is 7.22. The van der Waals surface area contributed by atoms with Crippen molar-refractivity contribution in [3.8, 4) is 49.6 Å². The van der Waals surface area contributed by atoms with E-state index in [1.54, 1.807) is 90.2 Å². The number of amides is 4. The van der Waals surface area contributed by atoms with E-state index in [1.165, 1.54) is 22.5 Å². The topological polar surface area (TPSA) is 249 Å². The number of carbonyl (C=O) groups is 4. The van der Waals surface area contributed by atoms with Crippen LogP contribution in [0.4, 0.5) is 0 Å². The molecule has 1 fully saturated rings. The molecule has 7 aromatic rings. The molecule has 2 aromatic heterocycles. The molecule has 0 saturated carbocycles. The number of hydrogen-bond donors (Lipinski definition) is 6. The highest BCUT2D eigenvalue weighted by Crippen LogP contribution is 2.47. The molecule has 432 valence electrons. The number of hydrogen-bond acceptors (Lipinski definition) is 17. The second-order valence-corrected chi connectivity index (χ2v) is 22.4. The summed E-state index contributed by atoms with van der Waals surface area (Å²) >= 11 is 3.03. The number of thiazole rings is 1. The van der Waals surface area contributed by atoms with E-state index in [0.717, 1.165) is 47.8 Å². The molecule has 5 aromatic carbocycles. The van der Waals surface area contributed by atoms with Gasteiger partial charge in [0.2, 0.25) is 17.7 Å². The van der Waals surface area contributed by atoms with Crippen molar-refractivity contribution in [2.75, 3.05) is 66.0 Å². The van der Waals surface area contributed by atoms with E-state index < -0.39 is 41.3 Å². The minimum absolute atomic E-state index is 0.0334. The quantitative estimate of drug-likeness (QED) is 0.0160. The summed E-state index contributed by atoms with van der Waals surface area (Å²) < 4.78 is 35.3. The van der Waals surface area contributed by atoms with Crippen LogP contribution in [0.15, 0.2) is 126 Å². The Hall–Kier alpha value is -7.76. The number of thiophene rings is 1. The number of phenolic OH excluding ortho intramolecular Hbond substituents is 2. The van der Waals surface area contributed by atoms with Gasteiger partial charge in [0.25, 0.3) is 5.91 Å². The van der Waals surface area contributed by atoms with Crippen LogP contribution >= 0.6 is 22.7 Å². The normalized spacial score (nSPS) is 15.1. The number of β-amino-alcohol motifs (C(OH)–C–C–N with tert-alkyl or cyclic N) is 1. The fourth-order valence-corrected chi connectivity index (χ4v) is 10.9. The Morgan fingerprint density at radius 1 is 0.756 bits per heavy atom. The third-order valence-corrected chi connectivity index (χ3v) is 15.4. The number of fused-ring (bicyclic) bond motifs is 1. The highest BCUT2D eigenvalue weighted by atomic mass is 32.1. The average Bonchev–Trinajstić information content (AvgIpc) is 4.30. The van der Waals surface area contributed by atoms with Crippen molar-refractivity contribution in [2.45, 2.75) is 65.3 Å². The zero-order valence-electron chi connectivity index (χ0n) is 46.3. The molecule has 8 rings (SSSR count). The number of aryl methyl sites for hydroxylation is 1. The van der Waals surface area contributed by atoms with Crippen LogP contribution < -0.4 is 25.5 Å². The van der Waals surface area contributed by atoms with Gasteiger partial charge in [-0.1, -0.05) is 45.0 Å². The number of aliphatic hydroxyl groups excluding tert-OH is 1. The van der Waals surface area contributed by atoms with Gasteiger partial charge < -0.3 is 59.3 Å². The molecule has 0 radical (unpaired) electrons. The molecule has 1 aliphatic heterocycles. The molecule has 4 atom stereocenters. The summed E-state index contributed by atoms with van der Waals surface area (Å²) in [5, 5.41) is 41.2. The van der Waals surface area contributed by atoms with Crippen LogP contribution in [-0.2, 0) is 33.3 Å². The van der Waals surface area contributed by atoms with Gasteiger partial charge in [-0.25, -0.2) is 10.4 Å². The largest absolute Gasteiger partial charge is 0.508 e. The zero-order chi connectivity index (χ0) is 58.2. The number of carbonyl (C=O) groups excluding carboxylic acids is 4. The number of rotatable bonds is 27. The predicted octanol–water partition coefficient (Wildman–Crippen LogP) is 8.78. The van der Waals surface area contributed by atoms with E-state index in [0.29, 0.717) is 62.5 Å². The van der Waals surface area contributed by atoms with E-state index >= 15 is 0 Å². The standard InChI is InChI=1S/C61H68N6O13S2/c1-38(41-8-10-42(11-9-41)55-39(2)62-37-81-55)64-59(73)51-32-47(70)35-67(51)60(74)57(61(3,4)5)65-53(71)36-78-29-28-76-25-24-75-26-27-77-30-31-79-48-19-6-40(7-20-48)34-63-66-58(72)44-14-21-49(22-15-44)80-54-50-23-18-46(69)33-52(50)82-56(54)43-12-16-45(68)17-13-43/h6-23,33-34,37-38,47,51,57,68-70H,24-32,35-36H2,1-5H3,(H,64,73)(H,65,71)(H,66,72)/b63-34+/t38-,47+,51-,57+/m0/s1. The first kappa shape index (κ1) is 60.3. The van der Waals surface area contributed by atoms with Crippen LogP contribution in [0.2, 0.25) is 0 Å². The minimum Gasteiger partial charge on any atom is -0.508 e. The minimum atomic E-state index is -0.986. The van der Waals surface area contributed by atoms with Gasteiger partial charge in [-0.3, -0.25) is 19.2 Å². The lowest BCUT2D eigenvalue weighted by molar-refractivity contribution is -0.144. The molecule has 4 amide bonds. The molecule has 21 heteroatoms. The van der Waals surface area contributed by atoms with Gasteiger partial charge in [0.05, 0.1) is 85.6 Å². The first-order valence-corrected chi connectivity index (χ1v) is 28.5. The monoisotopic (exact) mass is 1160 g/mol. The summed E-state index contributed by atoms with van der Waals surface area (Å²) in [4.78, 5) is 61.2. The Morgan fingerprint density at radius 3 is 2.01 bits per heavy atom. The molecular formula is C61H68N6O13S2. The highest BCUT2D eigenvalue weighted by Gasteiger charge is 2.44. The molecule has 6 N–H and O–H groups in total. The molecule has 0 bridgehead atoms. The number of nitrogens with one attached hydrogen (secondary N) is 3. The Kier molecular flexibility index (Phi) is 21.2. The molecule has 1 aliphatic rings. The maximum absolute atomic E-state index is 14.0. The number of ether oxygens (including phenoxy) is 6. The van der Waals surface area contributed by atoms with Crippen LogP contribution in [0.3, 0.4) is 0 Å². The molecule has 0 spiro atoms. The summed E-state index contributed by atoms with van der Waals surface area (Å²) in [5.74, 6) is 0.300. The van der Waals surface area contributed by atoms with Crippen LogP contribution in [0.25, 0.3) is 31.0 Å². The van der Waals surface area contributed by atoms with Crippen molar-refractivity contribution in [3.63, 3.8) is 0 Å². The predicted molar refractivity (Wildman–Crippen MR) is 314 cm³/mol. The molecule has 0 unspecified atom stereocenters. The number of aromatic nitrogens is 1. The summed E-state index contributed by atoms with van der Waals surface area (Å²) in [6.45, 7) is 11.3. The van der Waals surface area contributed by atoms with Crippen molar-refractivity contribution in [1.82, 2.24) is 25.9 Å². The molecule has 3 heterocycles. The summed E-state index contributed by atoms with van der Waals surface area (Å²) in [6, 6.07) is 31.4. The summed E-state index contributed by atoms with van der Waals surface area (Å²) in [5.41, 5.74) is 8.49. The Bertz CT molecular complexity index is 3270. The second kappa shape index (κ2) is 28.8. The van der Waals surface area contributed by atoms with Gasteiger partial charge in [0.15, 0.2) is 5.75 Å². The maximum Gasteiger partial charge on any atom is 0.271 e. The second-order valence-electron chi connectivity index (χ2n) is 20.5. The summed E-state index contributed by atoms with van der Waals surface area (Å²) in [6.07, 6.45) is 0.715. The SMILES string of the molecule is Cc1ncsc1-c1ccc([C@H](C)NC(=O)[C@@H]2C[C@@H](O)CN2C(=O)[C@@H](NC(=O)COCCOCCOCCOCCOc2ccc(/C=N/NC(=O)c3ccc(Oc4c(-c5ccc(O)cc5)sc5cc(O)ccc45)cc3)cc2)C(C)(C)C)cc1. The van der Waals surface area contributed by atoms with Gasteiger partial charge in [-0.2, -0.15) is 5.10 Å². The lowest BCUT2D eigenvalue weighted by Gasteiger charge is -2.35. The number of phenols is 2. The van der Waals surface area contributed by atoms with Gasteiger partial charge >= 0.3 is 0 Å². The van der Waals surface area contributed by atoms with Crippen LogP contribution in [-0.4, -0.2) is 139 Å². The Balaban J connectivity index is 0.651. The van der Waals surface area contributed by atoms with Crippen LogP contribution in [0.5, 0.6) is 28.7 Å². The van der Waals surface area contributed by atoms with E-state index in [9.17, 15) is 34.5 Å². The number of aromatic hydroxyl groups is 2. The van der Waals surface area contributed by atoms with Crippen molar-refractivity contribution in [2.24, 2.45) is 10.5 Å². The Labute approximate surface area is 483 Å². The number of benzene rings is 5. The molecule has 19 nitrogen and oxygen atoms in total. The average molecular weight is 1160 g/mol. The number of aliphatic hydroxyl groups is 1. The van der Waals surface area contributed by atoms with E-state index in [-0.39, 0.29) is 56.2 Å². The third-order valence-electron chi connectivity index (χ3n) is 13.3. The smallest absolute Gasteiger partial charge is 0.271 e. The molecule has 1 saturated heterocycles. The fourth-order valence-electron chi connectivity index (χ4n) is 8.90.